The van der Waals surface area contributed by atoms with Gasteiger partial charge in [0.2, 0.25) is 0 Å². The molecular weight excluding hydrogens is 340 g/mol. The van der Waals surface area contributed by atoms with Crippen LogP contribution in [-0.4, -0.2) is 10.6 Å². The van der Waals surface area contributed by atoms with Gasteiger partial charge in [0.1, 0.15) is 0 Å². The summed E-state index contributed by atoms with van der Waals surface area (Å²) in [6, 6.07) is 5.33. The van der Waals surface area contributed by atoms with Crippen LogP contribution in [0.3, 0.4) is 0 Å². The van der Waals surface area contributed by atoms with Gasteiger partial charge in [-0.1, -0.05) is 0 Å². The molecule has 0 aliphatic carbocycles. The molecule has 51 valence electrons. The van der Waals surface area contributed by atoms with Crippen LogP contribution in [0.1, 0.15) is 0 Å². The monoisotopic (exact) mass is 347 g/mol. The van der Waals surface area contributed by atoms with E-state index >= 15 is 0 Å². The Labute approximate surface area is 80.1 Å². The topological polar surface area (TPSA) is 51.7 Å². The summed E-state index contributed by atoms with van der Waals surface area (Å²) in [5.41, 5.74) is 0. The SMILES string of the molecule is O.Oc1cc[c]([Hg])cc1Cl. The number of halogens is 1. The zero-order valence-corrected chi connectivity index (χ0v) is 11.5. The van der Waals surface area contributed by atoms with E-state index in [2.05, 4.69) is 0 Å². The van der Waals surface area contributed by atoms with Crippen LogP contribution in [0.5, 0.6) is 5.75 Å². The maximum absolute atomic E-state index is 8.93. The Morgan fingerprint density at radius 3 is 2.40 bits per heavy atom. The van der Waals surface area contributed by atoms with Crippen molar-refractivity contribution in [2.24, 2.45) is 0 Å². The van der Waals surface area contributed by atoms with Crippen molar-refractivity contribution in [2.75, 3.05) is 0 Å². The third-order valence-electron chi connectivity index (χ3n) is 1.01. The van der Waals surface area contributed by atoms with E-state index in [-0.39, 0.29) is 11.2 Å². The first-order valence-electron chi connectivity index (χ1n) is 2.50. The zero-order valence-electron chi connectivity index (χ0n) is 5.26. The Kier molecular flexibility index (Phi) is 4.25. The average Bonchev–Trinajstić information content (AvgIpc) is 1.80. The van der Waals surface area contributed by atoms with Crippen LogP contribution in [0.4, 0.5) is 0 Å². The van der Waals surface area contributed by atoms with Crippen LogP contribution in [-0.2, 0) is 26.1 Å². The Hall–Kier alpha value is 0.205. The van der Waals surface area contributed by atoms with Gasteiger partial charge >= 0.3 is 74.9 Å². The minimum absolute atomic E-state index is 0. The summed E-state index contributed by atoms with van der Waals surface area (Å²) in [5.74, 6) is 0.172. The first-order chi connectivity index (χ1) is 4.20. The van der Waals surface area contributed by atoms with Crippen LogP contribution in [0.2, 0.25) is 5.02 Å². The number of benzene rings is 1. The molecule has 3 N–H and O–H groups in total. The zero-order chi connectivity index (χ0) is 6.85. The molecular formula is C6H6ClHgO2. The van der Waals surface area contributed by atoms with Crippen LogP contribution in [0.25, 0.3) is 0 Å². The number of rotatable bonds is 0. The van der Waals surface area contributed by atoms with Gasteiger partial charge in [0.05, 0.1) is 0 Å². The second-order valence-corrected chi connectivity index (χ2v) is 5.37. The van der Waals surface area contributed by atoms with Crippen LogP contribution >= 0.6 is 11.6 Å². The normalized spacial score (nSPS) is 8.70. The first-order valence-corrected chi connectivity index (χ1v) is 5.63. The molecule has 2 nitrogen and oxygen atoms in total. The fraction of sp³-hybridized carbons (Fsp3) is 0. The molecule has 0 aliphatic heterocycles. The third-order valence-corrected chi connectivity index (χ3v) is 3.02. The van der Waals surface area contributed by atoms with E-state index in [9.17, 15) is 0 Å². The van der Waals surface area contributed by atoms with Crippen LogP contribution in [0, 0.1) is 0 Å². The van der Waals surface area contributed by atoms with Gasteiger partial charge < -0.3 is 5.48 Å². The predicted molar refractivity (Wildman–Crippen MR) is 36.4 cm³/mol. The number of hydrogen-bond donors (Lipinski definition) is 1. The molecule has 0 unspecified atom stereocenters. The molecule has 0 aromatic heterocycles. The summed E-state index contributed by atoms with van der Waals surface area (Å²) in [7, 11) is 0. The maximum atomic E-state index is 8.93. The summed E-state index contributed by atoms with van der Waals surface area (Å²) in [6.07, 6.45) is 0. The number of aromatic hydroxyl groups is 1. The molecule has 1 rings (SSSR count). The number of phenols is 1. The molecule has 0 radical (unpaired) electrons. The van der Waals surface area contributed by atoms with Gasteiger partial charge in [-0.3, -0.25) is 0 Å². The fourth-order valence-electron chi connectivity index (χ4n) is 0.550. The van der Waals surface area contributed by atoms with Crippen molar-refractivity contribution in [3.8, 4) is 5.75 Å². The van der Waals surface area contributed by atoms with E-state index < -0.39 is 0 Å². The van der Waals surface area contributed by atoms with Gasteiger partial charge in [-0.05, 0) is 0 Å². The number of hydrogen-bond acceptors (Lipinski definition) is 1. The first kappa shape index (κ1) is 10.2. The van der Waals surface area contributed by atoms with E-state index in [4.69, 9.17) is 16.7 Å². The van der Waals surface area contributed by atoms with Gasteiger partial charge in [-0.25, -0.2) is 0 Å². The van der Waals surface area contributed by atoms with Crippen molar-refractivity contribution >= 4 is 14.7 Å². The average molecular weight is 346 g/mol. The van der Waals surface area contributed by atoms with Crippen molar-refractivity contribution in [2.45, 2.75) is 0 Å². The molecule has 0 amide bonds. The van der Waals surface area contributed by atoms with Crippen LogP contribution < -0.4 is 3.07 Å². The van der Waals surface area contributed by atoms with Crippen molar-refractivity contribution < 1.29 is 36.7 Å². The summed E-state index contributed by atoms with van der Waals surface area (Å²) in [6.45, 7) is 0. The summed E-state index contributed by atoms with van der Waals surface area (Å²) < 4.78 is 1.25. The molecule has 0 saturated carbocycles. The summed E-state index contributed by atoms with van der Waals surface area (Å²) >= 11 is 6.19. The van der Waals surface area contributed by atoms with E-state index in [1.54, 1.807) is 12.1 Å². The molecule has 0 saturated heterocycles. The van der Waals surface area contributed by atoms with Crippen molar-refractivity contribution in [1.29, 1.82) is 0 Å². The van der Waals surface area contributed by atoms with Gasteiger partial charge in [-0.2, -0.15) is 0 Å². The standard InChI is InChI=1S/C6H4ClO.Hg.H2O/c7-5-3-1-2-4-6(5)8;;/h2-4,8H;;1H2. The fourth-order valence-corrected chi connectivity index (χ4v) is 2.51. The van der Waals surface area contributed by atoms with Crippen molar-refractivity contribution in [1.82, 2.24) is 0 Å². The van der Waals surface area contributed by atoms with E-state index in [0.717, 1.165) is 0 Å². The Morgan fingerprint density at radius 1 is 1.40 bits per heavy atom. The molecule has 0 aliphatic rings. The number of phenolic OH excluding ortho intramolecular Hbond substituents is 1. The summed E-state index contributed by atoms with van der Waals surface area (Å²) in [5, 5.41) is 9.39. The Morgan fingerprint density at radius 2 is 2.00 bits per heavy atom. The second-order valence-electron chi connectivity index (χ2n) is 1.79. The predicted octanol–water partition coefficient (Wildman–Crippen LogP) is 0.393. The molecule has 4 heteroatoms. The molecule has 1 aromatic carbocycles. The van der Waals surface area contributed by atoms with E-state index in [1.165, 1.54) is 3.07 Å². The van der Waals surface area contributed by atoms with Gasteiger partial charge in [-0.15, -0.1) is 0 Å². The molecule has 0 fully saturated rings. The second kappa shape index (κ2) is 4.16. The van der Waals surface area contributed by atoms with Gasteiger partial charge in [0.25, 0.3) is 0 Å². The molecule has 10 heavy (non-hydrogen) atoms. The Bertz CT molecular complexity index is 227. The minimum atomic E-state index is 0. The van der Waals surface area contributed by atoms with Crippen LogP contribution in [0.15, 0.2) is 18.2 Å². The van der Waals surface area contributed by atoms with Crippen molar-refractivity contribution in [3.63, 3.8) is 0 Å². The van der Waals surface area contributed by atoms with Gasteiger partial charge in [0.15, 0.2) is 0 Å². The molecule has 0 bridgehead atoms. The quantitative estimate of drug-likeness (QED) is 0.679. The molecule has 0 spiro atoms. The summed E-state index contributed by atoms with van der Waals surface area (Å²) in [4.78, 5) is 0. The molecule has 0 heterocycles. The Balaban J connectivity index is 0.000000810. The van der Waals surface area contributed by atoms with Crippen molar-refractivity contribution in [3.05, 3.63) is 23.2 Å². The van der Waals surface area contributed by atoms with Gasteiger partial charge in [0, 0.05) is 0 Å². The molecule has 1 aromatic rings. The third kappa shape index (κ3) is 2.44. The van der Waals surface area contributed by atoms with E-state index in [1.807, 2.05) is 6.07 Å². The van der Waals surface area contributed by atoms with E-state index in [0.29, 0.717) is 31.1 Å². The molecule has 0 atom stereocenters.